The van der Waals surface area contributed by atoms with Crippen molar-refractivity contribution in [3.05, 3.63) is 41.9 Å². The normalized spacial score (nSPS) is 13.5. The number of ether oxygens (including phenoxy) is 1. The van der Waals surface area contributed by atoms with Gasteiger partial charge in [0.05, 0.1) is 22.9 Å². The highest BCUT2D eigenvalue weighted by Crippen LogP contribution is 2.30. The number of carbonyl (C=O) groups is 2. The number of amides is 2. The molecule has 0 bridgehead atoms. The van der Waals surface area contributed by atoms with Crippen LogP contribution < -0.4 is 15.4 Å². The Bertz CT molecular complexity index is 948. The predicted molar refractivity (Wildman–Crippen MR) is 92.5 cm³/mol. The second kappa shape index (κ2) is 7.20. The van der Waals surface area contributed by atoms with Gasteiger partial charge < -0.3 is 19.8 Å². The van der Waals surface area contributed by atoms with E-state index in [2.05, 4.69) is 10.6 Å². The number of hydrogen-bond acceptors (Lipinski definition) is 6. The fraction of sp³-hybridized carbons (Fsp3) is 0.294. The molecule has 0 spiro atoms. The van der Waals surface area contributed by atoms with Gasteiger partial charge in [0.15, 0.2) is 16.4 Å². The van der Waals surface area contributed by atoms with Crippen LogP contribution in [0.4, 0.5) is 5.69 Å². The Kier molecular flexibility index (Phi) is 4.99. The zero-order chi connectivity index (χ0) is 18.7. The van der Waals surface area contributed by atoms with E-state index in [-0.39, 0.29) is 42.0 Å². The molecule has 0 atom stereocenters. The molecular formula is C17H18N2O6S. The predicted octanol–water partition coefficient (Wildman–Crippen LogP) is 1.40. The summed E-state index contributed by atoms with van der Waals surface area (Å²) in [5, 5.41) is 5.21. The van der Waals surface area contributed by atoms with Crippen LogP contribution in [0.5, 0.6) is 5.75 Å². The van der Waals surface area contributed by atoms with Gasteiger partial charge in [0, 0.05) is 12.5 Å². The lowest BCUT2D eigenvalue weighted by Gasteiger charge is -2.18. The molecule has 0 fully saturated rings. The molecule has 138 valence electrons. The van der Waals surface area contributed by atoms with Gasteiger partial charge in [0.1, 0.15) is 17.3 Å². The average Bonchev–Trinajstić information content (AvgIpc) is 3.03. The van der Waals surface area contributed by atoms with Crippen LogP contribution in [0.15, 0.2) is 39.6 Å². The highest BCUT2D eigenvalue weighted by atomic mass is 32.2. The van der Waals surface area contributed by atoms with Gasteiger partial charge in [-0.1, -0.05) is 0 Å². The number of rotatable bonds is 6. The Hall–Kier alpha value is -2.81. The molecule has 0 aliphatic carbocycles. The molecule has 2 aromatic rings. The van der Waals surface area contributed by atoms with Crippen LogP contribution in [0.2, 0.25) is 0 Å². The van der Waals surface area contributed by atoms with Crippen molar-refractivity contribution in [2.24, 2.45) is 0 Å². The molecule has 0 saturated carbocycles. The summed E-state index contributed by atoms with van der Waals surface area (Å²) in [6, 6.07) is 7.74. The highest BCUT2D eigenvalue weighted by Gasteiger charge is 2.21. The van der Waals surface area contributed by atoms with Gasteiger partial charge in [-0.2, -0.15) is 0 Å². The standard InChI is InChI=1S/C17H18N2O6S/c1-11-2-3-12(25-11)9-18-16(20)6-7-26(22,23)13-4-5-14-15(8-13)24-10-17(21)19-14/h2-5,8H,6-7,9-10H2,1H3,(H,18,20)(H,19,21). The molecule has 26 heavy (non-hydrogen) atoms. The molecular weight excluding hydrogens is 360 g/mol. The highest BCUT2D eigenvalue weighted by molar-refractivity contribution is 7.91. The summed E-state index contributed by atoms with van der Waals surface area (Å²) in [6.07, 6.45) is -0.170. The molecule has 1 aromatic carbocycles. The van der Waals surface area contributed by atoms with Gasteiger partial charge >= 0.3 is 0 Å². The number of furan rings is 1. The maximum atomic E-state index is 12.4. The fourth-order valence-electron chi connectivity index (χ4n) is 2.45. The second-order valence-electron chi connectivity index (χ2n) is 5.85. The summed E-state index contributed by atoms with van der Waals surface area (Å²) in [4.78, 5) is 23.2. The first-order chi connectivity index (χ1) is 12.3. The Balaban J connectivity index is 1.58. The third-order valence-corrected chi connectivity index (χ3v) is 5.51. The maximum Gasteiger partial charge on any atom is 0.262 e. The van der Waals surface area contributed by atoms with Gasteiger partial charge in [-0.3, -0.25) is 9.59 Å². The van der Waals surface area contributed by atoms with Crippen LogP contribution in [0.25, 0.3) is 0 Å². The first-order valence-electron chi connectivity index (χ1n) is 7.95. The van der Waals surface area contributed by atoms with Crippen LogP contribution in [0.3, 0.4) is 0 Å². The number of benzene rings is 1. The number of carbonyl (C=O) groups excluding carboxylic acids is 2. The van der Waals surface area contributed by atoms with E-state index in [4.69, 9.17) is 9.15 Å². The number of aryl methyl sites for hydroxylation is 1. The average molecular weight is 378 g/mol. The lowest BCUT2D eigenvalue weighted by molar-refractivity contribution is -0.121. The van der Waals surface area contributed by atoms with Crippen molar-refractivity contribution in [2.45, 2.75) is 24.8 Å². The number of nitrogens with one attached hydrogen (secondary N) is 2. The van der Waals surface area contributed by atoms with Crippen LogP contribution >= 0.6 is 0 Å². The van der Waals surface area contributed by atoms with Gasteiger partial charge in [-0.15, -0.1) is 0 Å². The molecule has 2 heterocycles. The summed E-state index contributed by atoms with van der Waals surface area (Å²) in [7, 11) is -3.66. The fourth-order valence-corrected chi connectivity index (χ4v) is 3.70. The number of anilines is 1. The van der Waals surface area contributed by atoms with Crippen molar-refractivity contribution in [3.8, 4) is 5.75 Å². The smallest absolute Gasteiger partial charge is 0.262 e. The Morgan fingerprint density at radius 1 is 1.27 bits per heavy atom. The molecule has 9 heteroatoms. The van der Waals surface area contributed by atoms with Crippen molar-refractivity contribution in [1.29, 1.82) is 0 Å². The van der Waals surface area contributed by atoms with E-state index in [0.29, 0.717) is 17.2 Å². The van der Waals surface area contributed by atoms with Crippen molar-refractivity contribution in [1.82, 2.24) is 5.32 Å². The quantitative estimate of drug-likeness (QED) is 0.785. The lowest BCUT2D eigenvalue weighted by Crippen LogP contribution is -2.26. The first kappa shape index (κ1) is 18.0. The minimum Gasteiger partial charge on any atom is -0.482 e. The Labute approximate surface area is 150 Å². The summed E-state index contributed by atoms with van der Waals surface area (Å²) < 4.78 is 35.4. The van der Waals surface area contributed by atoms with Crippen LogP contribution in [0, 0.1) is 6.92 Å². The molecule has 1 aromatic heterocycles. The SMILES string of the molecule is Cc1ccc(CNC(=O)CCS(=O)(=O)c2ccc3c(c2)OCC(=O)N3)o1. The number of hydrogen-bond donors (Lipinski definition) is 2. The van der Waals surface area contributed by atoms with Crippen molar-refractivity contribution >= 4 is 27.3 Å². The van der Waals surface area contributed by atoms with Gasteiger partial charge in [-0.25, -0.2) is 8.42 Å². The summed E-state index contributed by atoms with van der Waals surface area (Å²) in [6.45, 7) is 1.84. The van der Waals surface area contributed by atoms with Crippen molar-refractivity contribution in [3.63, 3.8) is 0 Å². The lowest BCUT2D eigenvalue weighted by atomic mass is 10.2. The van der Waals surface area contributed by atoms with Crippen LogP contribution in [-0.4, -0.2) is 32.6 Å². The van der Waals surface area contributed by atoms with E-state index in [1.807, 2.05) is 0 Å². The molecule has 0 unspecified atom stereocenters. The van der Waals surface area contributed by atoms with E-state index >= 15 is 0 Å². The van der Waals surface area contributed by atoms with E-state index in [0.717, 1.165) is 5.76 Å². The third kappa shape index (κ3) is 4.23. The summed E-state index contributed by atoms with van der Waals surface area (Å²) in [5.74, 6) is 0.625. The van der Waals surface area contributed by atoms with Crippen molar-refractivity contribution in [2.75, 3.05) is 17.7 Å². The van der Waals surface area contributed by atoms with Gasteiger partial charge in [0.2, 0.25) is 5.91 Å². The zero-order valence-corrected chi connectivity index (χ0v) is 14.9. The van der Waals surface area contributed by atoms with E-state index in [1.54, 1.807) is 19.1 Å². The number of sulfone groups is 1. The molecule has 8 nitrogen and oxygen atoms in total. The molecule has 2 N–H and O–H groups in total. The zero-order valence-electron chi connectivity index (χ0n) is 14.1. The Morgan fingerprint density at radius 2 is 2.08 bits per heavy atom. The largest absolute Gasteiger partial charge is 0.482 e. The topological polar surface area (TPSA) is 115 Å². The maximum absolute atomic E-state index is 12.4. The molecule has 2 amide bonds. The summed E-state index contributed by atoms with van der Waals surface area (Å²) in [5.41, 5.74) is 0.423. The van der Waals surface area contributed by atoms with Gasteiger partial charge in [0.25, 0.3) is 5.91 Å². The number of fused-ring (bicyclic) bond motifs is 1. The van der Waals surface area contributed by atoms with Crippen LogP contribution in [-0.2, 0) is 26.0 Å². The second-order valence-corrected chi connectivity index (χ2v) is 7.96. The minimum absolute atomic E-state index is 0.0434. The molecule has 0 radical (unpaired) electrons. The first-order valence-corrected chi connectivity index (χ1v) is 9.60. The molecule has 3 rings (SSSR count). The monoisotopic (exact) mass is 378 g/mol. The van der Waals surface area contributed by atoms with Gasteiger partial charge in [-0.05, 0) is 31.2 Å². The molecule has 1 aliphatic heterocycles. The molecule has 0 saturated heterocycles. The van der Waals surface area contributed by atoms with E-state index in [1.165, 1.54) is 18.2 Å². The van der Waals surface area contributed by atoms with Crippen molar-refractivity contribution < 1.29 is 27.2 Å². The Morgan fingerprint density at radius 3 is 2.81 bits per heavy atom. The van der Waals surface area contributed by atoms with E-state index in [9.17, 15) is 18.0 Å². The third-order valence-electron chi connectivity index (χ3n) is 3.80. The van der Waals surface area contributed by atoms with Crippen LogP contribution in [0.1, 0.15) is 17.9 Å². The molecule has 1 aliphatic rings. The van der Waals surface area contributed by atoms with E-state index < -0.39 is 9.84 Å². The minimum atomic E-state index is -3.66. The summed E-state index contributed by atoms with van der Waals surface area (Å²) >= 11 is 0.